The Kier molecular flexibility index (Phi) is 3.75. The van der Waals surface area contributed by atoms with E-state index in [1.165, 1.54) is 16.2 Å². The molecule has 1 aromatic carbocycles. The molecule has 0 spiro atoms. The zero-order valence-electron chi connectivity index (χ0n) is 11.4. The number of carboxylic acid groups (broad SMARTS) is 1. The topological polar surface area (TPSA) is 57.6 Å². The Hall–Kier alpha value is -2.14. The number of thiophene rings is 1. The highest BCUT2D eigenvalue weighted by Gasteiger charge is 2.35. The molecule has 0 saturated carbocycles. The minimum Gasteiger partial charge on any atom is -0.480 e. The number of hydrogen-bond acceptors (Lipinski definition) is 3. The lowest BCUT2D eigenvalue weighted by atomic mass is 10.1. The van der Waals surface area contributed by atoms with Crippen LogP contribution in [0.25, 0.3) is 11.1 Å². The van der Waals surface area contributed by atoms with Crippen molar-refractivity contribution in [1.29, 1.82) is 0 Å². The Bertz CT molecular complexity index is 665. The smallest absolute Gasteiger partial charge is 0.326 e. The second kappa shape index (κ2) is 5.69. The molecule has 1 unspecified atom stereocenters. The molecule has 21 heavy (non-hydrogen) atoms. The molecular formula is C16H15NO3S. The van der Waals surface area contributed by atoms with Gasteiger partial charge >= 0.3 is 5.97 Å². The maximum atomic E-state index is 12.7. The number of aliphatic carboxylic acids is 1. The fourth-order valence-corrected chi connectivity index (χ4v) is 3.59. The largest absolute Gasteiger partial charge is 0.480 e. The van der Waals surface area contributed by atoms with Crippen LogP contribution < -0.4 is 0 Å². The maximum absolute atomic E-state index is 12.7. The van der Waals surface area contributed by atoms with Crippen LogP contribution in [0, 0.1) is 0 Å². The molecule has 0 aliphatic carbocycles. The van der Waals surface area contributed by atoms with Gasteiger partial charge in [-0.25, -0.2) is 4.79 Å². The fraction of sp³-hybridized carbons (Fsp3) is 0.250. The lowest BCUT2D eigenvalue weighted by Gasteiger charge is -2.21. The molecule has 1 amide bonds. The summed E-state index contributed by atoms with van der Waals surface area (Å²) >= 11 is 1.37. The van der Waals surface area contributed by atoms with Crippen molar-refractivity contribution in [3.8, 4) is 11.1 Å². The molecule has 1 aliphatic heterocycles. The van der Waals surface area contributed by atoms with Gasteiger partial charge < -0.3 is 10.0 Å². The zero-order chi connectivity index (χ0) is 14.8. The molecule has 4 nitrogen and oxygen atoms in total. The third kappa shape index (κ3) is 2.56. The highest BCUT2D eigenvalue weighted by Crippen LogP contribution is 2.31. The first-order chi connectivity index (χ1) is 10.2. The Balaban J connectivity index is 1.93. The van der Waals surface area contributed by atoms with Crippen molar-refractivity contribution < 1.29 is 14.7 Å². The number of nitrogens with zero attached hydrogens (tertiary/aromatic N) is 1. The van der Waals surface area contributed by atoms with Crippen LogP contribution in [-0.2, 0) is 4.79 Å². The summed E-state index contributed by atoms with van der Waals surface area (Å²) in [5, 5.41) is 11.1. The predicted octanol–water partition coefficient (Wildman–Crippen LogP) is 3.10. The fourth-order valence-electron chi connectivity index (χ4n) is 2.72. The number of amides is 1. The highest BCUT2D eigenvalue weighted by atomic mass is 32.1. The van der Waals surface area contributed by atoms with E-state index in [1.807, 2.05) is 41.8 Å². The van der Waals surface area contributed by atoms with Crippen LogP contribution in [0.4, 0.5) is 0 Å². The van der Waals surface area contributed by atoms with Gasteiger partial charge in [0.2, 0.25) is 0 Å². The Morgan fingerprint density at radius 2 is 1.95 bits per heavy atom. The highest BCUT2D eigenvalue weighted by molar-refractivity contribution is 7.12. The first-order valence-electron chi connectivity index (χ1n) is 6.85. The molecule has 0 radical (unpaired) electrons. The van der Waals surface area contributed by atoms with Gasteiger partial charge in [0.15, 0.2) is 0 Å². The van der Waals surface area contributed by atoms with Gasteiger partial charge in [0.05, 0.1) is 4.88 Å². The van der Waals surface area contributed by atoms with E-state index in [0.717, 1.165) is 17.5 Å². The van der Waals surface area contributed by atoms with Crippen LogP contribution >= 0.6 is 11.3 Å². The standard InChI is InChI=1S/C16H15NO3S/c18-15(17-9-4-7-13(17)16(19)20)14-12(8-10-21-14)11-5-2-1-3-6-11/h1-3,5-6,8,10,13H,4,7,9H2,(H,19,20). The molecule has 108 valence electrons. The van der Waals surface area contributed by atoms with Gasteiger partial charge in [-0.3, -0.25) is 4.79 Å². The van der Waals surface area contributed by atoms with Gasteiger partial charge in [0.25, 0.3) is 5.91 Å². The van der Waals surface area contributed by atoms with E-state index >= 15 is 0 Å². The predicted molar refractivity (Wildman–Crippen MR) is 81.4 cm³/mol. The number of carbonyl (C=O) groups is 2. The van der Waals surface area contributed by atoms with E-state index < -0.39 is 12.0 Å². The third-order valence-corrected chi connectivity index (χ3v) is 4.65. The van der Waals surface area contributed by atoms with Crippen molar-refractivity contribution >= 4 is 23.2 Å². The summed E-state index contributed by atoms with van der Waals surface area (Å²) < 4.78 is 0. The summed E-state index contributed by atoms with van der Waals surface area (Å²) in [6, 6.07) is 10.9. The molecular weight excluding hydrogens is 286 g/mol. The molecule has 2 heterocycles. The van der Waals surface area contributed by atoms with Crippen LogP contribution in [0.5, 0.6) is 0 Å². The lowest BCUT2D eigenvalue weighted by Crippen LogP contribution is -2.40. The summed E-state index contributed by atoms with van der Waals surface area (Å²) in [6.45, 7) is 0.516. The summed E-state index contributed by atoms with van der Waals surface area (Å²) in [5.41, 5.74) is 1.86. The summed E-state index contributed by atoms with van der Waals surface area (Å²) in [6.07, 6.45) is 1.28. The van der Waals surface area contributed by atoms with Gasteiger partial charge in [-0.2, -0.15) is 0 Å². The first kappa shape index (κ1) is 13.8. The quantitative estimate of drug-likeness (QED) is 0.947. The Morgan fingerprint density at radius 3 is 2.67 bits per heavy atom. The van der Waals surface area contributed by atoms with Crippen LogP contribution in [0.15, 0.2) is 41.8 Å². The number of carboxylic acids is 1. The van der Waals surface area contributed by atoms with Gasteiger partial charge in [-0.1, -0.05) is 30.3 Å². The molecule has 1 aromatic heterocycles. The second-order valence-corrected chi connectivity index (χ2v) is 5.94. The van der Waals surface area contributed by atoms with Crippen molar-refractivity contribution in [3.05, 3.63) is 46.7 Å². The van der Waals surface area contributed by atoms with Crippen LogP contribution in [0.3, 0.4) is 0 Å². The monoisotopic (exact) mass is 301 g/mol. The van der Waals surface area contributed by atoms with Gasteiger partial charge in [-0.15, -0.1) is 11.3 Å². The minimum atomic E-state index is -0.918. The van der Waals surface area contributed by atoms with E-state index in [1.54, 1.807) is 0 Å². The average molecular weight is 301 g/mol. The second-order valence-electron chi connectivity index (χ2n) is 5.02. The first-order valence-corrected chi connectivity index (χ1v) is 7.73. The Morgan fingerprint density at radius 1 is 1.19 bits per heavy atom. The summed E-state index contributed by atoms with van der Waals surface area (Å²) in [4.78, 5) is 26.0. The molecule has 2 aromatic rings. The van der Waals surface area contributed by atoms with Crippen LogP contribution in [0.1, 0.15) is 22.5 Å². The summed E-state index contributed by atoms with van der Waals surface area (Å²) in [7, 11) is 0. The van der Waals surface area contributed by atoms with Crippen molar-refractivity contribution in [3.63, 3.8) is 0 Å². The van der Waals surface area contributed by atoms with Crippen molar-refractivity contribution in [1.82, 2.24) is 4.90 Å². The van der Waals surface area contributed by atoms with Crippen molar-refractivity contribution in [2.24, 2.45) is 0 Å². The molecule has 0 bridgehead atoms. The zero-order valence-corrected chi connectivity index (χ0v) is 12.2. The third-order valence-electron chi connectivity index (χ3n) is 3.74. The van der Waals surface area contributed by atoms with E-state index in [0.29, 0.717) is 17.8 Å². The number of hydrogen-bond donors (Lipinski definition) is 1. The number of benzene rings is 1. The van der Waals surface area contributed by atoms with E-state index in [4.69, 9.17) is 0 Å². The normalized spacial score (nSPS) is 17.9. The summed E-state index contributed by atoms with van der Waals surface area (Å²) in [5.74, 6) is -1.09. The van der Waals surface area contributed by atoms with Gasteiger partial charge in [0, 0.05) is 12.1 Å². The maximum Gasteiger partial charge on any atom is 0.326 e. The average Bonchev–Trinajstić information content (AvgIpc) is 3.16. The molecule has 3 rings (SSSR count). The number of carbonyl (C=O) groups excluding carboxylic acids is 1. The molecule has 1 aliphatic rings. The minimum absolute atomic E-state index is 0.172. The van der Waals surface area contributed by atoms with Crippen molar-refractivity contribution in [2.75, 3.05) is 6.54 Å². The lowest BCUT2D eigenvalue weighted by molar-refractivity contribution is -0.141. The van der Waals surface area contributed by atoms with Gasteiger partial charge in [0.1, 0.15) is 6.04 Å². The molecule has 1 saturated heterocycles. The van der Waals surface area contributed by atoms with Crippen molar-refractivity contribution in [2.45, 2.75) is 18.9 Å². The van der Waals surface area contributed by atoms with Crippen LogP contribution in [0.2, 0.25) is 0 Å². The molecule has 1 atom stereocenters. The van der Waals surface area contributed by atoms with E-state index in [2.05, 4.69) is 0 Å². The van der Waals surface area contributed by atoms with Gasteiger partial charge in [-0.05, 0) is 29.9 Å². The SMILES string of the molecule is O=C(O)C1CCCN1C(=O)c1sccc1-c1ccccc1. The number of rotatable bonds is 3. The number of likely N-dealkylation sites (tertiary alicyclic amines) is 1. The van der Waals surface area contributed by atoms with Crippen LogP contribution in [-0.4, -0.2) is 34.5 Å². The van der Waals surface area contributed by atoms with E-state index in [-0.39, 0.29) is 5.91 Å². The molecule has 5 heteroatoms. The Labute approximate surface area is 126 Å². The van der Waals surface area contributed by atoms with E-state index in [9.17, 15) is 14.7 Å². The molecule has 1 N–H and O–H groups in total. The molecule has 1 fully saturated rings.